The molecule has 1 spiro atoms. The summed E-state index contributed by atoms with van der Waals surface area (Å²) in [5.41, 5.74) is 4.42. The summed E-state index contributed by atoms with van der Waals surface area (Å²) < 4.78 is 16.5. The molecule has 3 saturated heterocycles. The van der Waals surface area contributed by atoms with Crippen LogP contribution in [-0.2, 0) is 4.79 Å². The molecule has 0 atom stereocenters. The lowest BCUT2D eigenvalue weighted by molar-refractivity contribution is -0.139. The van der Waals surface area contributed by atoms with Crippen LogP contribution in [0.5, 0.6) is 0 Å². The van der Waals surface area contributed by atoms with Crippen molar-refractivity contribution in [3.05, 3.63) is 59.8 Å². The van der Waals surface area contributed by atoms with Gasteiger partial charge in [0, 0.05) is 61.3 Å². The topological polar surface area (TPSA) is 71.9 Å². The second-order valence-corrected chi connectivity index (χ2v) is 11.5. The first kappa shape index (κ1) is 26.3. The number of amides is 1. The average molecular weight is 542 g/mol. The van der Waals surface area contributed by atoms with Gasteiger partial charge in [0.1, 0.15) is 5.82 Å². The Kier molecular flexibility index (Phi) is 6.97. The van der Waals surface area contributed by atoms with Gasteiger partial charge in [0.25, 0.3) is 0 Å². The zero-order valence-corrected chi connectivity index (χ0v) is 23.1. The molecular weight excluding hydrogens is 505 g/mol. The van der Waals surface area contributed by atoms with Crippen molar-refractivity contribution in [1.29, 1.82) is 0 Å². The molecule has 0 bridgehead atoms. The first-order valence-corrected chi connectivity index (χ1v) is 14.2. The van der Waals surface area contributed by atoms with Crippen molar-refractivity contribution >= 4 is 33.9 Å². The van der Waals surface area contributed by atoms with E-state index in [0.717, 1.165) is 80.8 Å². The number of nitrogens with zero attached hydrogens (tertiary/aromatic N) is 5. The van der Waals surface area contributed by atoms with E-state index in [-0.39, 0.29) is 17.1 Å². The summed E-state index contributed by atoms with van der Waals surface area (Å²) in [7, 11) is 0. The number of piperidine rings is 1. The van der Waals surface area contributed by atoms with Crippen LogP contribution in [0.4, 0.5) is 21.5 Å². The molecule has 3 fully saturated rings. The van der Waals surface area contributed by atoms with Crippen LogP contribution in [0, 0.1) is 24.7 Å². The second-order valence-electron chi connectivity index (χ2n) is 11.5. The van der Waals surface area contributed by atoms with E-state index in [9.17, 15) is 4.79 Å². The van der Waals surface area contributed by atoms with E-state index < -0.39 is 0 Å². The van der Waals surface area contributed by atoms with Crippen LogP contribution in [0.1, 0.15) is 31.2 Å². The first-order chi connectivity index (χ1) is 19.4. The largest absolute Gasteiger partial charge is 0.381 e. The molecule has 4 heterocycles. The summed E-state index contributed by atoms with van der Waals surface area (Å²) in [5.74, 6) is -0.404. The summed E-state index contributed by atoms with van der Waals surface area (Å²) in [6.45, 7) is 20.5. The van der Waals surface area contributed by atoms with Gasteiger partial charge in [-0.15, -0.1) is 0 Å². The van der Waals surface area contributed by atoms with Crippen LogP contribution >= 0.6 is 0 Å². The number of halogens is 1. The number of H-pyrrole nitrogens is 1. The third kappa shape index (κ3) is 4.60. The Morgan fingerprint density at radius 1 is 1.23 bits per heavy atom. The third-order valence-electron chi connectivity index (χ3n) is 9.06. The molecule has 8 nitrogen and oxygen atoms in total. The van der Waals surface area contributed by atoms with Crippen LogP contribution in [0.3, 0.4) is 0 Å². The predicted molar refractivity (Wildman–Crippen MR) is 157 cm³/mol. The lowest BCUT2D eigenvalue weighted by Crippen LogP contribution is -2.61. The molecule has 0 unspecified atom stereocenters. The van der Waals surface area contributed by atoms with Gasteiger partial charge >= 0.3 is 0 Å². The maximum atomic E-state index is 16.5. The number of aryl methyl sites for hydroxylation is 1. The quantitative estimate of drug-likeness (QED) is 0.312. The normalized spacial score (nSPS) is 18.6. The highest BCUT2D eigenvalue weighted by molar-refractivity contribution is 6.03. The number of fused-ring (bicyclic) bond motifs is 1. The van der Waals surface area contributed by atoms with Crippen LogP contribution in [0.2, 0.25) is 0 Å². The van der Waals surface area contributed by atoms with Crippen molar-refractivity contribution in [1.82, 2.24) is 20.0 Å². The molecule has 0 aliphatic carbocycles. The molecule has 3 aliphatic rings. The maximum Gasteiger partial charge on any atom is 0.245 e. The van der Waals surface area contributed by atoms with Crippen LogP contribution in [0.15, 0.2) is 37.1 Å². The van der Waals surface area contributed by atoms with E-state index in [1.165, 1.54) is 18.9 Å². The number of likely N-dealkylation sites (tertiary alicyclic amines) is 2. The van der Waals surface area contributed by atoms with Gasteiger partial charge in [-0.3, -0.25) is 9.89 Å². The van der Waals surface area contributed by atoms with Crippen molar-refractivity contribution in [3.63, 3.8) is 0 Å². The standard InChI is InChI=1S/C31H36FN7O/c1-4-26(40)39-19-31(20-39)9-14-38(15-10-31)25-17-24(34-11-16-37-12-5-6-13-37)29(32)28(30(25)33-3)27-21(2)7-8-23-22(27)18-35-36-23/h4,7-8,17-18,34H,1,5-6,9-16,19-20H2,2H3,(H,35,36). The first-order valence-electron chi connectivity index (χ1n) is 14.2. The Labute approximate surface area is 234 Å². The minimum atomic E-state index is -0.390. The molecular formula is C31H36FN7O. The van der Waals surface area contributed by atoms with E-state index >= 15 is 4.39 Å². The molecule has 1 amide bonds. The number of benzene rings is 2. The van der Waals surface area contributed by atoms with E-state index in [2.05, 4.69) is 36.7 Å². The van der Waals surface area contributed by atoms with Crippen molar-refractivity contribution in [3.8, 4) is 11.1 Å². The number of aromatic amines is 1. The van der Waals surface area contributed by atoms with Gasteiger partial charge in [0.05, 0.1) is 24.0 Å². The zero-order valence-electron chi connectivity index (χ0n) is 23.1. The predicted octanol–water partition coefficient (Wildman–Crippen LogP) is 5.35. The monoisotopic (exact) mass is 541 g/mol. The average Bonchev–Trinajstić information content (AvgIpc) is 3.65. The summed E-state index contributed by atoms with van der Waals surface area (Å²) in [6, 6.07) is 5.74. The maximum absolute atomic E-state index is 16.5. The number of carbonyl (C=O) groups excluding carboxylic acids is 1. The number of carbonyl (C=O) groups is 1. The van der Waals surface area contributed by atoms with Crippen LogP contribution in [0.25, 0.3) is 26.9 Å². The lowest BCUT2D eigenvalue weighted by Gasteiger charge is -2.54. The Hall–Kier alpha value is -3.90. The molecule has 3 aromatic rings. The lowest BCUT2D eigenvalue weighted by atomic mass is 9.72. The summed E-state index contributed by atoms with van der Waals surface area (Å²) >= 11 is 0. The molecule has 3 aliphatic heterocycles. The van der Waals surface area contributed by atoms with Gasteiger partial charge in [0.2, 0.25) is 11.6 Å². The SMILES string of the molecule is [C-]#[N+]c1c(N2CCC3(CC2)CN(C(=O)C=C)C3)cc(NCCN2CCCC2)c(F)c1-c1c(C)ccc2[nH]ncc12. The summed E-state index contributed by atoms with van der Waals surface area (Å²) in [4.78, 5) is 22.5. The molecule has 2 N–H and O–H groups in total. The number of nitrogens with one attached hydrogen (secondary N) is 2. The van der Waals surface area contributed by atoms with Crippen molar-refractivity contribution < 1.29 is 9.18 Å². The highest BCUT2D eigenvalue weighted by Gasteiger charge is 2.46. The number of hydrogen-bond donors (Lipinski definition) is 2. The van der Waals surface area contributed by atoms with E-state index in [1.54, 1.807) is 6.20 Å². The second kappa shape index (κ2) is 10.6. The minimum Gasteiger partial charge on any atom is -0.381 e. The fraction of sp³-hybridized carbons (Fsp3) is 0.452. The zero-order chi connectivity index (χ0) is 27.9. The molecule has 208 valence electrons. The van der Waals surface area contributed by atoms with Gasteiger partial charge in [-0.05, 0) is 75.0 Å². The van der Waals surface area contributed by atoms with Gasteiger partial charge in [-0.1, -0.05) is 12.6 Å². The number of anilines is 2. The Morgan fingerprint density at radius 2 is 1.98 bits per heavy atom. The van der Waals surface area contributed by atoms with Crippen molar-refractivity contribution in [2.24, 2.45) is 5.41 Å². The van der Waals surface area contributed by atoms with E-state index in [1.807, 2.05) is 30.0 Å². The van der Waals surface area contributed by atoms with Gasteiger partial charge in [-0.25, -0.2) is 9.24 Å². The van der Waals surface area contributed by atoms with Crippen LogP contribution < -0.4 is 10.2 Å². The highest BCUT2D eigenvalue weighted by Crippen LogP contribution is 2.49. The van der Waals surface area contributed by atoms with Crippen molar-refractivity contribution in [2.75, 3.05) is 62.6 Å². The highest BCUT2D eigenvalue weighted by atomic mass is 19.1. The van der Waals surface area contributed by atoms with E-state index in [0.29, 0.717) is 29.0 Å². The number of aromatic nitrogens is 2. The molecule has 2 aromatic carbocycles. The number of rotatable bonds is 7. The summed E-state index contributed by atoms with van der Waals surface area (Å²) in [5, 5.41) is 11.4. The fourth-order valence-electron chi connectivity index (χ4n) is 6.75. The smallest absolute Gasteiger partial charge is 0.245 e. The molecule has 40 heavy (non-hydrogen) atoms. The molecule has 6 rings (SSSR count). The minimum absolute atomic E-state index is 0.0139. The Balaban J connectivity index is 1.36. The molecule has 9 heteroatoms. The summed E-state index contributed by atoms with van der Waals surface area (Å²) in [6.07, 6.45) is 7.37. The van der Waals surface area contributed by atoms with Crippen molar-refractivity contribution in [2.45, 2.75) is 32.6 Å². The molecule has 0 radical (unpaired) electrons. The van der Waals surface area contributed by atoms with Gasteiger partial charge in [0.15, 0.2) is 0 Å². The molecule has 1 aromatic heterocycles. The molecule has 0 saturated carbocycles. The Bertz CT molecular complexity index is 1480. The Morgan fingerprint density at radius 3 is 2.67 bits per heavy atom. The third-order valence-corrected chi connectivity index (χ3v) is 9.06. The number of hydrogen-bond acceptors (Lipinski definition) is 5. The van der Waals surface area contributed by atoms with E-state index in [4.69, 9.17) is 6.57 Å². The van der Waals surface area contributed by atoms with Gasteiger partial charge < -0.3 is 20.0 Å². The fourth-order valence-corrected chi connectivity index (χ4v) is 6.75. The van der Waals surface area contributed by atoms with Crippen LogP contribution in [-0.4, -0.2) is 78.3 Å². The van der Waals surface area contributed by atoms with Gasteiger partial charge in [-0.2, -0.15) is 5.10 Å².